The minimum Gasteiger partial charge on any atom is -0.459 e. The smallest absolute Gasteiger partial charge is 0.263 e. The average molecular weight is 340 g/mol. The fourth-order valence-electron chi connectivity index (χ4n) is 2.59. The molecule has 2 N–H and O–H groups in total. The van der Waals surface area contributed by atoms with E-state index in [-0.39, 0.29) is 25.0 Å². The van der Waals surface area contributed by atoms with Crippen molar-refractivity contribution in [2.24, 2.45) is 0 Å². The number of rotatable bonds is 7. The molecule has 0 saturated carbocycles. The van der Waals surface area contributed by atoms with Gasteiger partial charge in [0.2, 0.25) is 5.91 Å². The third kappa shape index (κ3) is 4.36. The summed E-state index contributed by atoms with van der Waals surface area (Å²) < 4.78 is 10.8. The SMILES string of the molecule is Cc1oc(-c2ccco2)nc1CC(=O)NC(CO)Cc1ccccc1. The first-order valence-corrected chi connectivity index (χ1v) is 8.10. The summed E-state index contributed by atoms with van der Waals surface area (Å²) >= 11 is 0. The number of aryl methyl sites for hydroxylation is 1. The van der Waals surface area contributed by atoms with Crippen LogP contribution in [0.25, 0.3) is 11.7 Å². The van der Waals surface area contributed by atoms with Crippen LogP contribution < -0.4 is 5.32 Å². The number of aliphatic hydroxyl groups is 1. The highest BCUT2D eigenvalue weighted by Gasteiger charge is 2.18. The van der Waals surface area contributed by atoms with Gasteiger partial charge in [0.25, 0.3) is 5.89 Å². The van der Waals surface area contributed by atoms with Crippen molar-refractivity contribution in [3.8, 4) is 11.7 Å². The Morgan fingerprint density at radius 2 is 2.04 bits per heavy atom. The van der Waals surface area contributed by atoms with Gasteiger partial charge < -0.3 is 19.3 Å². The van der Waals surface area contributed by atoms with E-state index in [9.17, 15) is 9.90 Å². The summed E-state index contributed by atoms with van der Waals surface area (Å²) in [6.07, 6.45) is 2.19. The summed E-state index contributed by atoms with van der Waals surface area (Å²) in [4.78, 5) is 16.6. The highest BCUT2D eigenvalue weighted by atomic mass is 16.4. The van der Waals surface area contributed by atoms with Crippen molar-refractivity contribution < 1.29 is 18.7 Å². The molecule has 1 amide bonds. The number of aliphatic hydroxyl groups excluding tert-OH is 1. The van der Waals surface area contributed by atoms with Crippen LogP contribution in [0.1, 0.15) is 17.0 Å². The van der Waals surface area contributed by atoms with Gasteiger partial charge in [-0.15, -0.1) is 0 Å². The number of carbonyl (C=O) groups excluding carboxylic acids is 1. The molecule has 1 aromatic carbocycles. The van der Waals surface area contributed by atoms with Crippen molar-refractivity contribution in [3.63, 3.8) is 0 Å². The van der Waals surface area contributed by atoms with E-state index in [1.807, 2.05) is 30.3 Å². The zero-order chi connectivity index (χ0) is 17.6. The molecule has 2 heterocycles. The predicted molar refractivity (Wildman–Crippen MR) is 91.8 cm³/mol. The summed E-state index contributed by atoms with van der Waals surface area (Å²) in [7, 11) is 0. The minimum absolute atomic E-state index is 0.0847. The van der Waals surface area contributed by atoms with Crippen LogP contribution in [-0.2, 0) is 17.6 Å². The van der Waals surface area contributed by atoms with Gasteiger partial charge in [-0.1, -0.05) is 30.3 Å². The van der Waals surface area contributed by atoms with Crippen LogP contribution in [0, 0.1) is 6.92 Å². The lowest BCUT2D eigenvalue weighted by Gasteiger charge is -2.16. The molecule has 0 saturated heterocycles. The summed E-state index contributed by atoms with van der Waals surface area (Å²) in [6, 6.07) is 12.9. The number of furan rings is 1. The third-order valence-electron chi connectivity index (χ3n) is 3.86. The maximum Gasteiger partial charge on any atom is 0.263 e. The zero-order valence-corrected chi connectivity index (χ0v) is 13.9. The number of carbonyl (C=O) groups is 1. The average Bonchev–Trinajstić information content (AvgIpc) is 3.25. The lowest BCUT2D eigenvalue weighted by Crippen LogP contribution is -2.40. The monoisotopic (exact) mass is 340 g/mol. The zero-order valence-electron chi connectivity index (χ0n) is 13.9. The molecule has 6 heteroatoms. The summed E-state index contributed by atoms with van der Waals surface area (Å²) in [6.45, 7) is 1.63. The standard InChI is InChI=1S/C19H20N2O4/c1-13-16(21-19(25-13)17-8-5-9-24-17)11-18(23)20-15(12-22)10-14-6-3-2-4-7-14/h2-9,15,22H,10-12H2,1H3,(H,20,23). The van der Waals surface area contributed by atoms with Crippen molar-refractivity contribution in [2.45, 2.75) is 25.8 Å². The second kappa shape index (κ2) is 7.81. The molecule has 1 atom stereocenters. The molecule has 3 aromatic rings. The second-order valence-corrected chi connectivity index (χ2v) is 5.81. The number of oxazole rings is 1. The van der Waals surface area contributed by atoms with E-state index in [0.29, 0.717) is 29.5 Å². The number of benzene rings is 1. The molecule has 0 aliphatic carbocycles. The first-order valence-electron chi connectivity index (χ1n) is 8.10. The van der Waals surface area contributed by atoms with Gasteiger partial charge >= 0.3 is 0 Å². The van der Waals surface area contributed by atoms with E-state index in [0.717, 1.165) is 5.56 Å². The van der Waals surface area contributed by atoms with E-state index < -0.39 is 0 Å². The number of nitrogens with one attached hydrogen (secondary N) is 1. The van der Waals surface area contributed by atoms with E-state index in [2.05, 4.69) is 10.3 Å². The Labute approximate surface area is 145 Å². The molecule has 6 nitrogen and oxygen atoms in total. The maximum absolute atomic E-state index is 12.3. The molecule has 130 valence electrons. The Hall–Kier alpha value is -2.86. The lowest BCUT2D eigenvalue weighted by molar-refractivity contribution is -0.121. The van der Waals surface area contributed by atoms with Gasteiger partial charge in [-0.3, -0.25) is 4.79 Å². The topological polar surface area (TPSA) is 88.5 Å². The number of aromatic nitrogens is 1. The van der Waals surface area contributed by atoms with Crippen LogP contribution in [0.4, 0.5) is 0 Å². The van der Waals surface area contributed by atoms with Gasteiger partial charge in [0.15, 0.2) is 5.76 Å². The quantitative estimate of drug-likeness (QED) is 0.690. The third-order valence-corrected chi connectivity index (χ3v) is 3.86. The van der Waals surface area contributed by atoms with Gasteiger partial charge in [-0.25, -0.2) is 4.98 Å². The highest BCUT2D eigenvalue weighted by molar-refractivity contribution is 5.78. The molecule has 0 radical (unpaired) electrons. The van der Waals surface area contributed by atoms with Crippen molar-refractivity contribution in [3.05, 3.63) is 65.7 Å². The molecule has 0 aliphatic heterocycles. The highest BCUT2D eigenvalue weighted by Crippen LogP contribution is 2.22. The van der Waals surface area contributed by atoms with Crippen LogP contribution in [0.5, 0.6) is 0 Å². The van der Waals surface area contributed by atoms with E-state index in [1.165, 1.54) is 6.26 Å². The van der Waals surface area contributed by atoms with Crippen molar-refractivity contribution in [1.29, 1.82) is 0 Å². The Morgan fingerprint density at radius 3 is 2.72 bits per heavy atom. The molecular weight excluding hydrogens is 320 g/mol. The number of nitrogens with zero attached hydrogens (tertiary/aromatic N) is 1. The minimum atomic E-state index is -0.341. The van der Waals surface area contributed by atoms with E-state index in [1.54, 1.807) is 19.1 Å². The second-order valence-electron chi connectivity index (χ2n) is 5.81. The van der Waals surface area contributed by atoms with E-state index in [4.69, 9.17) is 8.83 Å². The van der Waals surface area contributed by atoms with Crippen LogP contribution in [0.2, 0.25) is 0 Å². The van der Waals surface area contributed by atoms with Gasteiger partial charge in [0, 0.05) is 0 Å². The van der Waals surface area contributed by atoms with Crippen LogP contribution >= 0.6 is 0 Å². The van der Waals surface area contributed by atoms with Crippen molar-refractivity contribution in [1.82, 2.24) is 10.3 Å². The molecular formula is C19H20N2O4. The largest absolute Gasteiger partial charge is 0.459 e. The molecule has 0 aliphatic rings. The molecule has 0 fully saturated rings. The molecule has 0 bridgehead atoms. The number of hydrogen-bond acceptors (Lipinski definition) is 5. The number of amides is 1. The Kier molecular flexibility index (Phi) is 5.30. The van der Waals surface area contributed by atoms with E-state index >= 15 is 0 Å². The molecule has 3 rings (SSSR count). The normalized spacial score (nSPS) is 12.1. The van der Waals surface area contributed by atoms with Crippen LogP contribution in [0.3, 0.4) is 0 Å². The molecule has 25 heavy (non-hydrogen) atoms. The first-order chi connectivity index (χ1) is 12.2. The maximum atomic E-state index is 12.3. The Morgan fingerprint density at radius 1 is 1.24 bits per heavy atom. The fourth-order valence-corrected chi connectivity index (χ4v) is 2.59. The summed E-state index contributed by atoms with van der Waals surface area (Å²) in [5, 5.41) is 12.4. The Bertz CT molecular complexity index is 809. The van der Waals surface area contributed by atoms with Gasteiger partial charge in [0.05, 0.1) is 31.0 Å². The lowest BCUT2D eigenvalue weighted by atomic mass is 10.1. The van der Waals surface area contributed by atoms with Crippen molar-refractivity contribution >= 4 is 5.91 Å². The van der Waals surface area contributed by atoms with Gasteiger partial charge in [-0.05, 0) is 31.0 Å². The van der Waals surface area contributed by atoms with Crippen LogP contribution in [-0.4, -0.2) is 28.6 Å². The van der Waals surface area contributed by atoms with Gasteiger partial charge in [-0.2, -0.15) is 0 Å². The molecule has 1 unspecified atom stereocenters. The molecule has 0 spiro atoms. The first kappa shape index (κ1) is 17.0. The predicted octanol–water partition coefficient (Wildman–Crippen LogP) is 2.51. The fraction of sp³-hybridized carbons (Fsp3) is 0.263. The van der Waals surface area contributed by atoms with Crippen LogP contribution in [0.15, 0.2) is 57.6 Å². The van der Waals surface area contributed by atoms with Crippen molar-refractivity contribution in [2.75, 3.05) is 6.61 Å². The number of hydrogen-bond donors (Lipinski definition) is 2. The molecule has 2 aromatic heterocycles. The van der Waals surface area contributed by atoms with Gasteiger partial charge in [0.1, 0.15) is 5.76 Å². The summed E-state index contributed by atoms with van der Waals surface area (Å²) in [5.74, 6) is 1.24. The summed E-state index contributed by atoms with van der Waals surface area (Å²) in [5.41, 5.74) is 1.61. The Balaban J connectivity index is 1.62.